The van der Waals surface area contributed by atoms with E-state index in [9.17, 15) is 25.0 Å². The Morgan fingerprint density at radius 1 is 1.09 bits per heavy atom. The molecule has 1 fully saturated rings. The molecule has 9 nitrogen and oxygen atoms in total. The molecule has 0 aliphatic carbocycles. The summed E-state index contributed by atoms with van der Waals surface area (Å²) in [5, 5.41) is 22.4. The first-order chi connectivity index (χ1) is 10.5. The summed E-state index contributed by atoms with van der Waals surface area (Å²) in [4.78, 5) is 34.4. The maximum atomic E-state index is 11.9. The first-order valence-corrected chi connectivity index (χ1v) is 6.63. The van der Waals surface area contributed by atoms with Gasteiger partial charge in [0, 0.05) is 25.2 Å². The largest absolute Gasteiger partial charge is 0.418 e. The van der Waals surface area contributed by atoms with E-state index in [0.717, 1.165) is 12.8 Å². The van der Waals surface area contributed by atoms with E-state index in [1.54, 1.807) is 4.90 Å². The zero-order chi connectivity index (χ0) is 15.9. The van der Waals surface area contributed by atoms with Gasteiger partial charge in [0.2, 0.25) is 0 Å². The van der Waals surface area contributed by atoms with Gasteiger partial charge in [0.1, 0.15) is 11.3 Å². The number of fused-ring (bicyclic) bond motifs is 1. The number of anilines is 1. The van der Waals surface area contributed by atoms with Gasteiger partial charge < -0.3 is 9.32 Å². The summed E-state index contributed by atoms with van der Waals surface area (Å²) in [5.41, 5.74) is -1.72. The smallest absolute Gasteiger partial charge is 0.417 e. The maximum Gasteiger partial charge on any atom is 0.417 e. The van der Waals surface area contributed by atoms with Gasteiger partial charge in [0.25, 0.3) is 5.69 Å². The Morgan fingerprint density at radius 3 is 2.36 bits per heavy atom. The van der Waals surface area contributed by atoms with E-state index in [2.05, 4.69) is 0 Å². The molecule has 0 atom stereocenters. The first-order valence-electron chi connectivity index (χ1n) is 6.63. The molecule has 1 aromatic heterocycles. The third-order valence-electron chi connectivity index (χ3n) is 3.65. The predicted molar refractivity (Wildman–Crippen MR) is 77.2 cm³/mol. The highest BCUT2D eigenvalue weighted by molar-refractivity contribution is 5.96. The number of nitro benzene ring substituents is 1. The monoisotopic (exact) mass is 305 g/mol. The highest BCUT2D eigenvalue weighted by Crippen LogP contribution is 2.36. The number of hydrogen-bond donors (Lipinski definition) is 0. The molecule has 0 saturated carbocycles. The lowest BCUT2D eigenvalue weighted by atomic mass is 10.1. The molecule has 9 heteroatoms. The summed E-state index contributed by atoms with van der Waals surface area (Å²) in [6, 6.07) is 3.70. The van der Waals surface area contributed by atoms with Crippen molar-refractivity contribution in [2.45, 2.75) is 12.8 Å². The highest BCUT2D eigenvalue weighted by atomic mass is 16.6. The molecule has 1 saturated heterocycles. The third kappa shape index (κ3) is 2.16. The zero-order valence-electron chi connectivity index (χ0n) is 11.4. The van der Waals surface area contributed by atoms with Crippen molar-refractivity contribution in [2.24, 2.45) is 0 Å². The summed E-state index contributed by atoms with van der Waals surface area (Å²) in [5.74, 6) is 0. The van der Waals surface area contributed by atoms with Crippen LogP contribution in [0.1, 0.15) is 12.8 Å². The Labute approximate surface area is 123 Å². The molecule has 0 N–H and O–H groups in total. The number of rotatable bonds is 3. The highest BCUT2D eigenvalue weighted by Gasteiger charge is 2.30. The number of nitro groups is 2. The normalized spacial score (nSPS) is 14.5. The van der Waals surface area contributed by atoms with Gasteiger partial charge in [-0.2, -0.15) is 0 Å². The molecule has 2 aromatic rings. The number of hydrogen-bond acceptors (Lipinski definition) is 7. The third-order valence-corrected chi connectivity index (χ3v) is 3.65. The lowest BCUT2D eigenvalue weighted by Crippen LogP contribution is -2.22. The molecule has 2 heterocycles. The van der Waals surface area contributed by atoms with Crippen molar-refractivity contribution in [2.75, 3.05) is 18.0 Å². The van der Waals surface area contributed by atoms with Crippen LogP contribution in [0, 0.1) is 20.2 Å². The molecule has 0 bridgehead atoms. The van der Waals surface area contributed by atoms with Crippen LogP contribution < -0.4 is 10.5 Å². The fourth-order valence-electron chi connectivity index (χ4n) is 2.70. The van der Waals surface area contributed by atoms with Crippen LogP contribution in [0.25, 0.3) is 11.0 Å². The lowest BCUT2D eigenvalue weighted by molar-refractivity contribution is -0.386. The first kappa shape index (κ1) is 14.0. The Kier molecular flexibility index (Phi) is 3.24. The van der Waals surface area contributed by atoms with Gasteiger partial charge in [-0.25, -0.2) is 4.79 Å². The minimum atomic E-state index is -1.05. The topological polar surface area (TPSA) is 120 Å². The Bertz CT molecular complexity index is 838. The average Bonchev–Trinajstić information content (AvgIpc) is 2.98. The quantitative estimate of drug-likeness (QED) is 0.484. The molecule has 1 aromatic carbocycles. The summed E-state index contributed by atoms with van der Waals surface area (Å²) >= 11 is 0. The molecule has 0 radical (unpaired) electrons. The number of benzene rings is 1. The van der Waals surface area contributed by atoms with Gasteiger partial charge >= 0.3 is 11.3 Å². The Hall–Kier alpha value is -2.97. The second-order valence-corrected chi connectivity index (χ2v) is 4.98. The van der Waals surface area contributed by atoms with Crippen LogP contribution in [-0.4, -0.2) is 22.9 Å². The fraction of sp³-hybridized carbons (Fsp3) is 0.308. The van der Waals surface area contributed by atoms with Crippen molar-refractivity contribution in [3.05, 3.63) is 48.8 Å². The van der Waals surface area contributed by atoms with E-state index in [-0.39, 0.29) is 22.3 Å². The summed E-state index contributed by atoms with van der Waals surface area (Å²) in [6.45, 7) is 1.12. The van der Waals surface area contributed by atoms with Gasteiger partial charge in [-0.1, -0.05) is 0 Å². The molecular weight excluding hydrogens is 294 g/mol. The predicted octanol–water partition coefficient (Wildman–Crippen LogP) is 2.21. The zero-order valence-corrected chi connectivity index (χ0v) is 11.4. The maximum absolute atomic E-state index is 11.9. The summed E-state index contributed by atoms with van der Waals surface area (Å²) < 4.78 is 4.94. The van der Waals surface area contributed by atoms with E-state index in [1.165, 1.54) is 18.2 Å². The average molecular weight is 305 g/mol. The number of non-ortho nitro benzene ring substituents is 1. The lowest BCUT2D eigenvalue weighted by Gasteiger charge is -2.18. The van der Waals surface area contributed by atoms with Gasteiger partial charge in [0.15, 0.2) is 0 Å². The Balaban J connectivity index is 2.39. The second-order valence-electron chi connectivity index (χ2n) is 4.98. The molecule has 22 heavy (non-hydrogen) atoms. The SMILES string of the molecule is O=c1oc2ccc([N+](=O)[O-])cc2c(N2CCCC2)c1[N+](=O)[O-]. The van der Waals surface area contributed by atoms with E-state index >= 15 is 0 Å². The molecule has 0 spiro atoms. The fourth-order valence-corrected chi connectivity index (χ4v) is 2.70. The van der Waals surface area contributed by atoms with Gasteiger partial charge in [-0.15, -0.1) is 0 Å². The van der Waals surface area contributed by atoms with Crippen LogP contribution in [0.2, 0.25) is 0 Å². The molecule has 1 aliphatic rings. The van der Waals surface area contributed by atoms with E-state index in [4.69, 9.17) is 4.42 Å². The van der Waals surface area contributed by atoms with Crippen molar-refractivity contribution < 1.29 is 14.3 Å². The van der Waals surface area contributed by atoms with Crippen LogP contribution in [0.4, 0.5) is 17.1 Å². The van der Waals surface area contributed by atoms with Gasteiger partial charge in [-0.05, 0) is 18.9 Å². The summed E-state index contributed by atoms with van der Waals surface area (Å²) in [7, 11) is 0. The van der Waals surface area contributed by atoms with Crippen LogP contribution in [-0.2, 0) is 0 Å². The van der Waals surface area contributed by atoms with Crippen LogP contribution >= 0.6 is 0 Å². The van der Waals surface area contributed by atoms with Crippen molar-refractivity contribution in [3.63, 3.8) is 0 Å². The molecular formula is C13H11N3O6. The van der Waals surface area contributed by atoms with Crippen molar-refractivity contribution in [3.8, 4) is 0 Å². The molecule has 0 unspecified atom stereocenters. The van der Waals surface area contributed by atoms with Crippen molar-refractivity contribution >= 4 is 28.0 Å². The van der Waals surface area contributed by atoms with E-state index in [0.29, 0.717) is 13.1 Å². The molecule has 1 aliphatic heterocycles. The molecule has 0 amide bonds. The van der Waals surface area contributed by atoms with Crippen molar-refractivity contribution in [1.82, 2.24) is 0 Å². The number of nitrogens with zero attached hydrogens (tertiary/aromatic N) is 3. The van der Waals surface area contributed by atoms with Gasteiger partial charge in [0.05, 0.1) is 15.2 Å². The van der Waals surface area contributed by atoms with Gasteiger partial charge in [-0.3, -0.25) is 20.2 Å². The second kappa shape index (κ2) is 5.10. The van der Waals surface area contributed by atoms with Crippen LogP contribution in [0.3, 0.4) is 0 Å². The van der Waals surface area contributed by atoms with Crippen LogP contribution in [0.5, 0.6) is 0 Å². The minimum absolute atomic E-state index is 0.100. The summed E-state index contributed by atoms with van der Waals surface area (Å²) in [6.07, 6.45) is 1.68. The van der Waals surface area contributed by atoms with E-state index < -0.39 is 21.2 Å². The van der Waals surface area contributed by atoms with Crippen LogP contribution in [0.15, 0.2) is 27.4 Å². The molecule has 3 rings (SSSR count). The van der Waals surface area contributed by atoms with Crippen molar-refractivity contribution in [1.29, 1.82) is 0 Å². The van der Waals surface area contributed by atoms with E-state index in [1.807, 2.05) is 0 Å². The molecule has 114 valence electrons. The standard InChI is InChI=1S/C13H11N3O6/c17-13-12(16(20)21)11(14-5-1-2-6-14)9-7-8(15(18)19)3-4-10(9)22-13/h3-4,7H,1-2,5-6H2. The Morgan fingerprint density at radius 2 is 1.77 bits per heavy atom. The minimum Gasteiger partial charge on any atom is -0.418 e.